The molecule has 2 aromatic heterocycles. The number of hydrogen-bond acceptors (Lipinski definition) is 10. The third-order valence-corrected chi connectivity index (χ3v) is 8.00. The van der Waals surface area contributed by atoms with Gasteiger partial charge in [0, 0.05) is 44.1 Å². The summed E-state index contributed by atoms with van der Waals surface area (Å²) in [6.45, 7) is 2.24. The first-order chi connectivity index (χ1) is 19.6. The molecule has 0 spiro atoms. The Morgan fingerprint density at radius 3 is 2.54 bits per heavy atom. The van der Waals surface area contributed by atoms with E-state index in [0.29, 0.717) is 55.5 Å². The van der Waals surface area contributed by atoms with Crippen LogP contribution in [0.15, 0.2) is 18.2 Å². The molecule has 2 aromatic rings. The number of hydrogen-bond donors (Lipinski definition) is 3. The molecule has 224 valence electrons. The second-order valence-electron chi connectivity index (χ2n) is 11.5. The summed E-state index contributed by atoms with van der Waals surface area (Å²) < 4.78 is 38.5. The van der Waals surface area contributed by atoms with Crippen LogP contribution in [-0.4, -0.2) is 89.8 Å². The van der Waals surface area contributed by atoms with Gasteiger partial charge in [-0.2, -0.15) is 9.97 Å². The molecule has 2 saturated carbocycles. The van der Waals surface area contributed by atoms with Crippen molar-refractivity contribution in [3.05, 3.63) is 35.3 Å². The van der Waals surface area contributed by atoms with Gasteiger partial charge in [0.05, 0.1) is 17.3 Å². The second-order valence-corrected chi connectivity index (χ2v) is 11.5. The van der Waals surface area contributed by atoms with Crippen molar-refractivity contribution in [1.29, 1.82) is 0 Å². The second kappa shape index (κ2) is 12.4. The summed E-state index contributed by atoms with van der Waals surface area (Å²) in [6, 6.07) is 5.24. The Kier molecular flexibility index (Phi) is 8.85. The average Bonchev–Trinajstić information content (AvgIpc) is 3.55. The van der Waals surface area contributed by atoms with Gasteiger partial charge >= 0.3 is 6.01 Å². The quantitative estimate of drug-likeness (QED) is 0.305. The Balaban J connectivity index is 1.30. The van der Waals surface area contributed by atoms with Gasteiger partial charge in [0.25, 0.3) is 11.8 Å². The van der Waals surface area contributed by atoms with E-state index in [2.05, 4.69) is 25.2 Å². The number of aromatic nitrogens is 3. The van der Waals surface area contributed by atoms with Gasteiger partial charge in [-0.05, 0) is 51.9 Å². The standard InChI is InChI=1S/C28H39F2N7O4/c1-36(2)12-13-40-22-7-6-20(25(31)38)33-24(22)17-8-10-37(11-9-17)23-14-21(26(39)32-19-4-3-5-19)34-27(35-23)41-16-18-15-28(18,29)30/h6-7,14,17-19,26,32,39H,3-5,8-13,15-16H2,1-2H3,(H2,31,38). The van der Waals surface area contributed by atoms with Crippen molar-refractivity contribution in [2.24, 2.45) is 11.7 Å². The zero-order valence-electron chi connectivity index (χ0n) is 23.6. The number of primary amides is 1. The predicted octanol–water partition coefficient (Wildman–Crippen LogP) is 2.46. The molecule has 4 N–H and O–H groups in total. The van der Waals surface area contributed by atoms with Crippen LogP contribution in [0.3, 0.4) is 0 Å². The molecule has 0 aromatic carbocycles. The monoisotopic (exact) mass is 575 g/mol. The number of anilines is 1. The van der Waals surface area contributed by atoms with E-state index in [1.807, 2.05) is 19.0 Å². The van der Waals surface area contributed by atoms with Crippen LogP contribution in [0.1, 0.15) is 72.5 Å². The first-order valence-corrected chi connectivity index (χ1v) is 14.3. The number of nitrogens with zero attached hydrogens (tertiary/aromatic N) is 5. The number of carbonyl (C=O) groups is 1. The molecule has 11 nitrogen and oxygen atoms in total. The molecule has 3 heterocycles. The molecule has 1 aliphatic heterocycles. The van der Waals surface area contributed by atoms with Crippen molar-refractivity contribution in [2.45, 2.75) is 62.6 Å². The largest absolute Gasteiger partial charge is 0.490 e. The minimum absolute atomic E-state index is 0.0239. The number of ether oxygens (including phenoxy) is 2. The van der Waals surface area contributed by atoms with Crippen LogP contribution < -0.4 is 25.4 Å². The highest BCUT2D eigenvalue weighted by Gasteiger charge is 2.57. The Morgan fingerprint density at radius 1 is 1.20 bits per heavy atom. The van der Waals surface area contributed by atoms with E-state index in [-0.39, 0.29) is 36.7 Å². The zero-order chi connectivity index (χ0) is 29.1. The fraction of sp³-hybridized carbons (Fsp3) is 0.643. The summed E-state index contributed by atoms with van der Waals surface area (Å²) in [6.07, 6.45) is 3.25. The molecular formula is C28H39F2N7O4. The van der Waals surface area contributed by atoms with Gasteiger partial charge in [0.1, 0.15) is 36.7 Å². The number of nitrogens with one attached hydrogen (secondary N) is 1. The number of aliphatic hydroxyl groups excluding tert-OH is 1. The lowest BCUT2D eigenvalue weighted by Gasteiger charge is -2.34. The average molecular weight is 576 g/mol. The van der Waals surface area contributed by atoms with Crippen molar-refractivity contribution < 1.29 is 28.2 Å². The van der Waals surface area contributed by atoms with Crippen LogP contribution in [0.4, 0.5) is 14.6 Å². The summed E-state index contributed by atoms with van der Waals surface area (Å²) in [5.41, 5.74) is 6.75. The van der Waals surface area contributed by atoms with Crippen LogP contribution in [0.25, 0.3) is 0 Å². The van der Waals surface area contributed by atoms with Crippen LogP contribution >= 0.6 is 0 Å². The van der Waals surface area contributed by atoms with Crippen molar-refractivity contribution >= 4 is 11.7 Å². The molecule has 1 amide bonds. The van der Waals surface area contributed by atoms with Gasteiger partial charge in [0.2, 0.25) is 0 Å². The maximum Gasteiger partial charge on any atom is 0.318 e. The summed E-state index contributed by atoms with van der Waals surface area (Å²) >= 11 is 0. The molecule has 2 aliphatic carbocycles. The topological polar surface area (TPSA) is 139 Å². The summed E-state index contributed by atoms with van der Waals surface area (Å²) in [7, 11) is 3.93. The van der Waals surface area contributed by atoms with Crippen molar-refractivity contribution in [1.82, 2.24) is 25.2 Å². The first-order valence-electron chi connectivity index (χ1n) is 14.3. The number of aliphatic hydroxyl groups is 1. The van der Waals surface area contributed by atoms with E-state index in [4.69, 9.17) is 15.2 Å². The number of amides is 1. The predicted molar refractivity (Wildman–Crippen MR) is 147 cm³/mol. The molecule has 41 heavy (non-hydrogen) atoms. The maximum absolute atomic E-state index is 13.4. The van der Waals surface area contributed by atoms with Gasteiger partial charge in [-0.25, -0.2) is 13.8 Å². The third kappa shape index (κ3) is 7.38. The van der Waals surface area contributed by atoms with E-state index in [1.165, 1.54) is 0 Å². The van der Waals surface area contributed by atoms with Gasteiger partial charge in [-0.15, -0.1) is 0 Å². The van der Waals surface area contributed by atoms with Crippen molar-refractivity contribution in [3.63, 3.8) is 0 Å². The highest BCUT2D eigenvalue weighted by Crippen LogP contribution is 2.48. The van der Waals surface area contributed by atoms with Crippen LogP contribution in [0.2, 0.25) is 0 Å². The Labute approximate surface area is 238 Å². The van der Waals surface area contributed by atoms with E-state index >= 15 is 0 Å². The normalized spacial score (nSPS) is 21.4. The van der Waals surface area contributed by atoms with Gasteiger partial charge in [-0.3, -0.25) is 10.1 Å². The van der Waals surface area contributed by atoms with Crippen LogP contribution in [0, 0.1) is 5.92 Å². The minimum Gasteiger partial charge on any atom is -0.490 e. The Morgan fingerprint density at radius 2 is 1.93 bits per heavy atom. The van der Waals surface area contributed by atoms with E-state index in [9.17, 15) is 18.7 Å². The smallest absolute Gasteiger partial charge is 0.318 e. The third-order valence-electron chi connectivity index (χ3n) is 8.00. The molecule has 0 radical (unpaired) electrons. The first kappa shape index (κ1) is 29.3. The Hall–Kier alpha value is -3.16. The van der Waals surface area contributed by atoms with Crippen LogP contribution in [-0.2, 0) is 0 Å². The van der Waals surface area contributed by atoms with Crippen molar-refractivity contribution in [2.75, 3.05) is 51.8 Å². The van der Waals surface area contributed by atoms with Crippen LogP contribution in [0.5, 0.6) is 11.8 Å². The molecule has 2 unspecified atom stereocenters. The van der Waals surface area contributed by atoms with E-state index in [0.717, 1.165) is 25.8 Å². The number of halogens is 2. The van der Waals surface area contributed by atoms with E-state index < -0.39 is 24.0 Å². The summed E-state index contributed by atoms with van der Waals surface area (Å²) in [5.74, 6) is -2.92. The molecule has 2 atom stereocenters. The summed E-state index contributed by atoms with van der Waals surface area (Å²) in [4.78, 5) is 29.3. The number of rotatable bonds is 13. The highest BCUT2D eigenvalue weighted by molar-refractivity contribution is 5.90. The van der Waals surface area contributed by atoms with Gasteiger partial charge < -0.3 is 30.1 Å². The molecule has 3 aliphatic rings. The Bertz CT molecular complexity index is 1220. The molecule has 3 fully saturated rings. The molecule has 0 bridgehead atoms. The van der Waals surface area contributed by atoms with Gasteiger partial charge in [0.15, 0.2) is 0 Å². The van der Waals surface area contributed by atoms with Gasteiger partial charge in [-0.1, -0.05) is 6.42 Å². The number of carbonyl (C=O) groups excluding carboxylic acids is 1. The number of piperidine rings is 1. The number of pyridine rings is 1. The van der Waals surface area contributed by atoms with Crippen molar-refractivity contribution in [3.8, 4) is 11.8 Å². The zero-order valence-corrected chi connectivity index (χ0v) is 23.6. The SMILES string of the molecule is CN(C)CCOc1ccc(C(N)=O)nc1C1CCN(c2cc(C(O)NC3CCC3)nc(OCC3CC3(F)F)n2)CC1. The number of nitrogens with two attached hydrogens (primary N) is 1. The lowest BCUT2D eigenvalue weighted by Crippen LogP contribution is -2.38. The lowest BCUT2D eigenvalue weighted by atomic mass is 9.92. The highest BCUT2D eigenvalue weighted by atomic mass is 19.3. The van der Waals surface area contributed by atoms with E-state index in [1.54, 1.807) is 18.2 Å². The fourth-order valence-corrected chi connectivity index (χ4v) is 5.04. The molecule has 13 heteroatoms. The minimum atomic E-state index is -2.71. The molecule has 5 rings (SSSR count). The number of likely N-dealkylation sites (N-methyl/N-ethyl adjacent to an activating group) is 1. The molecule has 1 saturated heterocycles. The maximum atomic E-state index is 13.4. The molecular weight excluding hydrogens is 536 g/mol. The summed E-state index contributed by atoms with van der Waals surface area (Å²) in [5, 5.41) is 14.0. The fourth-order valence-electron chi connectivity index (χ4n) is 5.04. The lowest BCUT2D eigenvalue weighted by molar-refractivity contribution is 0.0828. The number of alkyl halides is 2.